The van der Waals surface area contributed by atoms with Crippen LogP contribution in [0.1, 0.15) is 36.8 Å². The van der Waals surface area contributed by atoms with Gasteiger partial charge in [0, 0.05) is 19.4 Å². The van der Waals surface area contributed by atoms with E-state index in [0.717, 1.165) is 12.0 Å². The number of aliphatic carboxylic acids is 1. The lowest BCUT2D eigenvalue weighted by molar-refractivity contribution is -0.141. The zero-order chi connectivity index (χ0) is 23.2. The van der Waals surface area contributed by atoms with Crippen LogP contribution in [0.3, 0.4) is 0 Å². The molecule has 0 unspecified atom stereocenters. The van der Waals surface area contributed by atoms with Crippen molar-refractivity contribution >= 4 is 18.0 Å². The first kappa shape index (κ1) is 24.7. The van der Waals surface area contributed by atoms with Crippen LogP contribution in [0.15, 0.2) is 54.6 Å². The van der Waals surface area contributed by atoms with Gasteiger partial charge in [0.2, 0.25) is 5.91 Å². The van der Waals surface area contributed by atoms with Crippen molar-refractivity contribution in [3.8, 4) is 5.75 Å². The van der Waals surface area contributed by atoms with E-state index >= 15 is 0 Å². The van der Waals surface area contributed by atoms with E-state index in [0.29, 0.717) is 30.7 Å². The average molecular weight is 443 g/mol. The number of para-hydroxylation sites is 1. The Labute approximate surface area is 187 Å². The molecule has 2 amide bonds. The molecule has 0 saturated heterocycles. The van der Waals surface area contributed by atoms with Gasteiger partial charge in [-0.25, -0.2) is 9.59 Å². The van der Waals surface area contributed by atoms with Crippen molar-refractivity contribution in [2.45, 2.75) is 44.8 Å². The third kappa shape index (κ3) is 9.07. The van der Waals surface area contributed by atoms with Gasteiger partial charge >= 0.3 is 12.1 Å². The molecular weight excluding hydrogens is 412 g/mol. The smallest absolute Gasteiger partial charge is 0.407 e. The molecule has 32 heavy (non-hydrogen) atoms. The SMILES string of the molecule is COc1ccccc1C[C@H](NC(=O)CCCCCNC(=O)OCc1ccccc1)C(=O)O. The van der Waals surface area contributed by atoms with E-state index in [9.17, 15) is 19.5 Å². The third-order valence-corrected chi connectivity index (χ3v) is 4.81. The van der Waals surface area contributed by atoms with Crippen LogP contribution in [0.2, 0.25) is 0 Å². The molecule has 3 N–H and O–H groups in total. The van der Waals surface area contributed by atoms with E-state index in [2.05, 4.69) is 10.6 Å². The molecule has 0 saturated carbocycles. The first-order valence-electron chi connectivity index (χ1n) is 10.6. The number of alkyl carbamates (subject to hydrolysis) is 1. The van der Waals surface area contributed by atoms with Crippen LogP contribution in [0, 0.1) is 0 Å². The van der Waals surface area contributed by atoms with Crippen LogP contribution in [0.25, 0.3) is 0 Å². The van der Waals surface area contributed by atoms with Crippen LogP contribution < -0.4 is 15.4 Å². The fraction of sp³-hybridized carbons (Fsp3) is 0.375. The van der Waals surface area contributed by atoms with E-state index in [1.54, 1.807) is 24.3 Å². The topological polar surface area (TPSA) is 114 Å². The molecule has 0 aromatic heterocycles. The predicted octanol–water partition coefficient (Wildman–Crippen LogP) is 3.29. The van der Waals surface area contributed by atoms with Gasteiger partial charge in [0.15, 0.2) is 0 Å². The number of amides is 2. The first-order valence-corrected chi connectivity index (χ1v) is 10.6. The molecule has 0 fully saturated rings. The fourth-order valence-corrected chi connectivity index (χ4v) is 3.11. The molecule has 8 nitrogen and oxygen atoms in total. The minimum atomic E-state index is -1.09. The van der Waals surface area contributed by atoms with Crippen molar-refractivity contribution in [2.24, 2.45) is 0 Å². The summed E-state index contributed by atoms with van der Waals surface area (Å²) in [5.74, 6) is -0.826. The maximum Gasteiger partial charge on any atom is 0.407 e. The summed E-state index contributed by atoms with van der Waals surface area (Å²) in [4.78, 5) is 35.4. The number of rotatable bonds is 13. The number of benzene rings is 2. The van der Waals surface area contributed by atoms with Gasteiger partial charge in [-0.3, -0.25) is 4.79 Å². The van der Waals surface area contributed by atoms with E-state index in [1.807, 2.05) is 30.3 Å². The Bertz CT molecular complexity index is 872. The molecular formula is C24H30N2O6. The van der Waals surface area contributed by atoms with Gasteiger partial charge in [-0.2, -0.15) is 0 Å². The van der Waals surface area contributed by atoms with Crippen molar-refractivity contribution in [1.82, 2.24) is 10.6 Å². The summed E-state index contributed by atoms with van der Waals surface area (Å²) in [5, 5.41) is 14.7. The molecule has 0 aliphatic heterocycles. The van der Waals surface area contributed by atoms with E-state index in [4.69, 9.17) is 9.47 Å². The quantitative estimate of drug-likeness (QED) is 0.410. The normalized spacial score (nSPS) is 11.3. The van der Waals surface area contributed by atoms with Crippen LogP contribution in [-0.2, 0) is 27.4 Å². The van der Waals surface area contributed by atoms with Crippen molar-refractivity contribution in [3.63, 3.8) is 0 Å². The summed E-state index contributed by atoms with van der Waals surface area (Å²) >= 11 is 0. The fourth-order valence-electron chi connectivity index (χ4n) is 3.11. The van der Waals surface area contributed by atoms with Crippen LogP contribution >= 0.6 is 0 Å². The Hall–Kier alpha value is -3.55. The standard InChI is InChI=1S/C24H30N2O6/c1-31-21-13-8-7-12-19(21)16-20(23(28)29)26-22(27)14-6-3-9-15-25-24(30)32-17-18-10-4-2-5-11-18/h2,4-5,7-8,10-13,20H,3,6,9,14-17H2,1H3,(H,25,30)(H,26,27)(H,28,29)/t20-/m0/s1. The number of nitrogens with one attached hydrogen (secondary N) is 2. The number of hydrogen-bond acceptors (Lipinski definition) is 5. The largest absolute Gasteiger partial charge is 0.496 e. The molecule has 0 aliphatic carbocycles. The van der Waals surface area contributed by atoms with Crippen molar-refractivity contribution in [1.29, 1.82) is 0 Å². The zero-order valence-electron chi connectivity index (χ0n) is 18.2. The highest BCUT2D eigenvalue weighted by Crippen LogP contribution is 2.19. The lowest BCUT2D eigenvalue weighted by Crippen LogP contribution is -2.42. The monoisotopic (exact) mass is 442 g/mol. The highest BCUT2D eigenvalue weighted by molar-refractivity contribution is 5.83. The number of carbonyl (C=O) groups excluding carboxylic acids is 2. The molecule has 0 radical (unpaired) electrons. The van der Waals surface area contributed by atoms with E-state index in [1.165, 1.54) is 7.11 Å². The summed E-state index contributed by atoms with van der Waals surface area (Å²) < 4.78 is 10.4. The molecule has 8 heteroatoms. The molecule has 172 valence electrons. The van der Waals surface area contributed by atoms with Gasteiger partial charge in [-0.1, -0.05) is 55.0 Å². The molecule has 2 aromatic rings. The number of methoxy groups -OCH3 is 1. The summed E-state index contributed by atoms with van der Waals surface area (Å²) in [7, 11) is 1.52. The lowest BCUT2D eigenvalue weighted by Gasteiger charge is -2.16. The summed E-state index contributed by atoms with van der Waals surface area (Å²) in [6.45, 7) is 0.660. The van der Waals surface area contributed by atoms with Crippen LogP contribution in [0.4, 0.5) is 4.79 Å². The zero-order valence-corrected chi connectivity index (χ0v) is 18.2. The van der Waals surface area contributed by atoms with Crippen molar-refractivity contribution in [3.05, 3.63) is 65.7 Å². The Kier molecular flexibility index (Phi) is 10.6. The van der Waals surface area contributed by atoms with Crippen molar-refractivity contribution < 1.29 is 29.0 Å². The molecule has 0 spiro atoms. The second kappa shape index (κ2) is 13.7. The number of hydrogen-bond donors (Lipinski definition) is 3. The second-order valence-corrected chi connectivity index (χ2v) is 7.27. The molecule has 2 aromatic carbocycles. The number of carboxylic acids is 1. The van der Waals surface area contributed by atoms with Gasteiger partial charge in [0.25, 0.3) is 0 Å². The minimum Gasteiger partial charge on any atom is -0.496 e. The van der Waals surface area contributed by atoms with Gasteiger partial charge in [0.1, 0.15) is 18.4 Å². The van der Waals surface area contributed by atoms with E-state index < -0.39 is 18.1 Å². The number of unbranched alkanes of at least 4 members (excludes halogenated alkanes) is 2. The lowest BCUT2D eigenvalue weighted by atomic mass is 10.0. The van der Waals surface area contributed by atoms with E-state index in [-0.39, 0.29) is 25.4 Å². The summed E-state index contributed by atoms with van der Waals surface area (Å²) in [6, 6.07) is 15.5. The van der Waals surface area contributed by atoms with Crippen molar-refractivity contribution in [2.75, 3.05) is 13.7 Å². The van der Waals surface area contributed by atoms with Gasteiger partial charge in [0.05, 0.1) is 7.11 Å². The number of carbonyl (C=O) groups is 3. The molecule has 0 heterocycles. The Morgan fingerprint density at radius 2 is 1.69 bits per heavy atom. The highest BCUT2D eigenvalue weighted by atomic mass is 16.5. The molecule has 0 aliphatic rings. The van der Waals surface area contributed by atoms with Crippen LogP contribution in [0.5, 0.6) is 5.75 Å². The molecule has 1 atom stereocenters. The summed E-state index contributed by atoms with van der Waals surface area (Å²) in [6.07, 6.45) is 1.88. The number of carboxylic acid groups (broad SMARTS) is 1. The van der Waals surface area contributed by atoms with Gasteiger partial charge in [-0.15, -0.1) is 0 Å². The van der Waals surface area contributed by atoms with Gasteiger partial charge in [-0.05, 0) is 30.0 Å². The Morgan fingerprint density at radius 1 is 0.969 bits per heavy atom. The maximum absolute atomic E-state index is 12.2. The minimum absolute atomic E-state index is 0.139. The second-order valence-electron chi connectivity index (χ2n) is 7.27. The predicted molar refractivity (Wildman–Crippen MR) is 119 cm³/mol. The first-order chi connectivity index (χ1) is 15.5. The maximum atomic E-state index is 12.2. The molecule has 0 bridgehead atoms. The van der Waals surface area contributed by atoms with Gasteiger partial charge < -0.3 is 25.2 Å². The van der Waals surface area contributed by atoms with Crippen LogP contribution in [-0.4, -0.2) is 42.8 Å². The average Bonchev–Trinajstić information content (AvgIpc) is 2.80. The Balaban J connectivity index is 1.61. The number of ether oxygens (including phenoxy) is 2. The highest BCUT2D eigenvalue weighted by Gasteiger charge is 2.21. The summed E-state index contributed by atoms with van der Waals surface area (Å²) in [5.41, 5.74) is 1.63. The molecule has 2 rings (SSSR count). The Morgan fingerprint density at radius 3 is 2.41 bits per heavy atom. The third-order valence-electron chi connectivity index (χ3n) is 4.81.